The smallest absolute Gasteiger partial charge is 0.132 e. The lowest BCUT2D eigenvalue weighted by Gasteiger charge is -2.39. The van der Waals surface area contributed by atoms with Gasteiger partial charge in [0.2, 0.25) is 0 Å². The molecule has 1 aromatic carbocycles. The van der Waals surface area contributed by atoms with E-state index in [9.17, 15) is 20.4 Å². The second kappa shape index (κ2) is 7.30. The fourth-order valence-corrected chi connectivity index (χ4v) is 4.01. The molecule has 0 unspecified atom stereocenters. The van der Waals surface area contributed by atoms with Crippen molar-refractivity contribution in [1.29, 1.82) is 0 Å². The van der Waals surface area contributed by atoms with E-state index in [1.54, 1.807) is 11.8 Å². The molecular weight excluding hydrogens is 334 g/mol. The Bertz CT molecular complexity index is 690. The van der Waals surface area contributed by atoms with Gasteiger partial charge in [-0.05, 0) is 11.6 Å². The Labute approximate surface area is 143 Å². The first-order chi connectivity index (χ1) is 11.6. The maximum absolute atomic E-state index is 10.1. The average Bonchev–Trinajstić information content (AvgIpc) is 2.97. The summed E-state index contributed by atoms with van der Waals surface area (Å²) in [5.41, 5.74) is 1.18. The lowest BCUT2D eigenvalue weighted by molar-refractivity contribution is -0.205. The molecule has 0 spiro atoms. The fraction of sp³-hybridized carbons (Fsp3) is 0.500. The number of aliphatic hydroxyl groups is 4. The van der Waals surface area contributed by atoms with Crippen molar-refractivity contribution in [3.63, 3.8) is 0 Å². The SMILES string of the molecule is COn1cc(CS[C@@H]2O[C@H](CO)[C@@H](O)[C@H](O)[C@H]2O)c2ccccc21. The molecule has 0 aliphatic carbocycles. The van der Waals surface area contributed by atoms with E-state index in [2.05, 4.69) is 0 Å². The molecule has 0 amide bonds. The summed E-state index contributed by atoms with van der Waals surface area (Å²) >= 11 is 1.30. The van der Waals surface area contributed by atoms with Gasteiger partial charge in [0.05, 0.1) is 12.1 Å². The van der Waals surface area contributed by atoms with Crippen LogP contribution in [0.2, 0.25) is 0 Å². The molecule has 5 atom stereocenters. The Morgan fingerprint density at radius 3 is 2.62 bits per heavy atom. The van der Waals surface area contributed by atoms with E-state index in [0.717, 1.165) is 16.5 Å². The van der Waals surface area contributed by atoms with E-state index in [4.69, 9.17) is 9.57 Å². The van der Waals surface area contributed by atoms with Gasteiger partial charge >= 0.3 is 0 Å². The molecule has 1 fully saturated rings. The summed E-state index contributed by atoms with van der Waals surface area (Å²) in [6, 6.07) is 7.78. The summed E-state index contributed by atoms with van der Waals surface area (Å²) in [6.45, 7) is -0.426. The first-order valence-corrected chi connectivity index (χ1v) is 8.67. The van der Waals surface area contributed by atoms with E-state index in [0.29, 0.717) is 5.75 Å². The molecule has 8 heteroatoms. The lowest BCUT2D eigenvalue weighted by Crippen LogP contribution is -2.57. The van der Waals surface area contributed by atoms with Crippen molar-refractivity contribution >= 4 is 22.7 Å². The number of ether oxygens (including phenoxy) is 1. The molecule has 24 heavy (non-hydrogen) atoms. The molecule has 132 valence electrons. The summed E-state index contributed by atoms with van der Waals surface area (Å²) < 4.78 is 7.18. The summed E-state index contributed by atoms with van der Waals surface area (Å²) in [7, 11) is 1.58. The number of para-hydroxylation sites is 1. The highest BCUT2D eigenvalue weighted by Crippen LogP contribution is 2.32. The van der Waals surface area contributed by atoms with Crippen molar-refractivity contribution in [2.45, 2.75) is 35.6 Å². The molecule has 1 saturated heterocycles. The number of thioether (sulfide) groups is 1. The number of benzene rings is 1. The minimum atomic E-state index is -1.35. The number of aliphatic hydroxyl groups excluding tert-OH is 4. The van der Waals surface area contributed by atoms with E-state index in [1.165, 1.54) is 11.8 Å². The summed E-state index contributed by atoms with van der Waals surface area (Å²) in [4.78, 5) is 5.31. The fourth-order valence-electron chi connectivity index (χ4n) is 2.86. The first-order valence-electron chi connectivity index (χ1n) is 7.62. The minimum Gasteiger partial charge on any atom is -0.417 e. The highest BCUT2D eigenvalue weighted by molar-refractivity contribution is 7.99. The molecule has 2 heterocycles. The second-order valence-corrected chi connectivity index (χ2v) is 6.77. The minimum absolute atomic E-state index is 0.426. The zero-order chi connectivity index (χ0) is 17.3. The molecule has 4 N–H and O–H groups in total. The molecule has 2 aromatic rings. The topological polar surface area (TPSA) is 104 Å². The average molecular weight is 355 g/mol. The highest BCUT2D eigenvalue weighted by Gasteiger charge is 2.43. The van der Waals surface area contributed by atoms with Crippen LogP contribution >= 0.6 is 11.8 Å². The van der Waals surface area contributed by atoms with Crippen molar-refractivity contribution in [2.75, 3.05) is 13.7 Å². The molecule has 1 aromatic heterocycles. The van der Waals surface area contributed by atoms with Gasteiger partial charge in [-0.25, -0.2) is 0 Å². The van der Waals surface area contributed by atoms with E-state index in [-0.39, 0.29) is 0 Å². The first kappa shape index (κ1) is 17.5. The summed E-state index contributed by atoms with van der Waals surface area (Å²) in [5.74, 6) is 0.513. The van der Waals surface area contributed by atoms with Crippen LogP contribution < -0.4 is 4.84 Å². The molecule has 0 radical (unpaired) electrons. The third-order valence-corrected chi connectivity index (χ3v) is 5.40. The molecule has 7 nitrogen and oxygen atoms in total. The van der Waals surface area contributed by atoms with Gasteiger partial charge in [-0.2, -0.15) is 4.73 Å². The van der Waals surface area contributed by atoms with Crippen LogP contribution in [0.5, 0.6) is 0 Å². The summed E-state index contributed by atoms with van der Waals surface area (Å²) in [6.07, 6.45) is -2.95. The van der Waals surface area contributed by atoms with Crippen LogP contribution in [0.4, 0.5) is 0 Å². The van der Waals surface area contributed by atoms with Gasteiger partial charge in [0.25, 0.3) is 0 Å². The molecule has 1 aliphatic rings. The Hall–Kier alpha value is -1.29. The maximum Gasteiger partial charge on any atom is 0.132 e. The third-order valence-electron chi connectivity index (χ3n) is 4.21. The van der Waals surface area contributed by atoms with Gasteiger partial charge < -0.3 is 30.0 Å². The van der Waals surface area contributed by atoms with Gasteiger partial charge in [-0.1, -0.05) is 18.2 Å². The molecule has 0 saturated carbocycles. The van der Waals surface area contributed by atoms with Crippen LogP contribution in [0.1, 0.15) is 5.56 Å². The number of nitrogens with zero attached hydrogens (tertiary/aromatic N) is 1. The Balaban J connectivity index is 1.76. The van der Waals surface area contributed by atoms with Crippen molar-refractivity contribution in [2.24, 2.45) is 0 Å². The van der Waals surface area contributed by atoms with E-state index >= 15 is 0 Å². The Morgan fingerprint density at radius 1 is 1.17 bits per heavy atom. The van der Waals surface area contributed by atoms with Crippen molar-refractivity contribution < 1.29 is 30.0 Å². The van der Waals surface area contributed by atoms with Gasteiger partial charge in [-0.3, -0.25) is 0 Å². The zero-order valence-corrected chi connectivity index (χ0v) is 14.0. The summed E-state index contributed by atoms with van der Waals surface area (Å²) in [5, 5.41) is 40.0. The maximum atomic E-state index is 10.1. The van der Waals surface area contributed by atoms with Crippen LogP contribution in [-0.2, 0) is 10.5 Å². The van der Waals surface area contributed by atoms with Gasteiger partial charge in [0.1, 0.15) is 37.0 Å². The molecule has 1 aliphatic heterocycles. The standard InChI is InChI=1S/C16H21NO6S/c1-22-17-6-9(10-4-2-3-5-11(10)17)8-24-16-15(21)14(20)13(19)12(7-18)23-16/h2-6,12-16,18-21H,7-8H2,1H3/t12-,13-,14+,15-,16+/m1/s1. The van der Waals surface area contributed by atoms with Crippen molar-refractivity contribution in [1.82, 2.24) is 4.73 Å². The predicted molar refractivity (Wildman–Crippen MR) is 89.5 cm³/mol. The zero-order valence-electron chi connectivity index (χ0n) is 13.1. The molecule has 3 rings (SSSR count). The number of aromatic nitrogens is 1. The number of hydrogen-bond donors (Lipinski definition) is 4. The van der Waals surface area contributed by atoms with E-state index < -0.39 is 36.5 Å². The monoisotopic (exact) mass is 355 g/mol. The van der Waals surface area contributed by atoms with Gasteiger partial charge in [-0.15, -0.1) is 11.8 Å². The Kier molecular flexibility index (Phi) is 5.33. The molecule has 0 bridgehead atoms. The third kappa shape index (κ3) is 3.13. The number of hydrogen-bond acceptors (Lipinski definition) is 7. The quantitative estimate of drug-likeness (QED) is 0.585. The number of fused-ring (bicyclic) bond motifs is 1. The lowest BCUT2D eigenvalue weighted by atomic mass is 10.0. The number of rotatable bonds is 5. The van der Waals surface area contributed by atoms with Crippen molar-refractivity contribution in [3.8, 4) is 0 Å². The van der Waals surface area contributed by atoms with Crippen LogP contribution in [0.3, 0.4) is 0 Å². The van der Waals surface area contributed by atoms with Crippen LogP contribution in [-0.4, -0.2) is 68.7 Å². The van der Waals surface area contributed by atoms with Gasteiger partial charge in [0, 0.05) is 17.3 Å². The van der Waals surface area contributed by atoms with Crippen LogP contribution in [0, 0.1) is 0 Å². The normalized spacial score (nSPS) is 30.6. The van der Waals surface area contributed by atoms with Gasteiger partial charge in [0.15, 0.2) is 0 Å². The van der Waals surface area contributed by atoms with Crippen LogP contribution in [0.25, 0.3) is 10.9 Å². The van der Waals surface area contributed by atoms with Crippen molar-refractivity contribution in [3.05, 3.63) is 36.0 Å². The predicted octanol–water partition coefficient (Wildman–Crippen LogP) is -0.267. The Morgan fingerprint density at radius 2 is 1.92 bits per heavy atom. The van der Waals surface area contributed by atoms with E-state index in [1.807, 2.05) is 30.5 Å². The largest absolute Gasteiger partial charge is 0.417 e. The highest BCUT2D eigenvalue weighted by atomic mass is 32.2. The second-order valence-electron chi connectivity index (χ2n) is 5.69. The molecular formula is C16H21NO6S. The van der Waals surface area contributed by atoms with Crippen LogP contribution in [0.15, 0.2) is 30.5 Å².